The van der Waals surface area contributed by atoms with Crippen molar-refractivity contribution >= 4 is 12.4 Å². The third-order valence-corrected chi connectivity index (χ3v) is 2.10. The van der Waals surface area contributed by atoms with Crippen LogP contribution in [0.4, 0.5) is 4.39 Å². The first kappa shape index (κ1) is 9.49. The molecule has 1 fully saturated rings. The highest BCUT2D eigenvalue weighted by Gasteiger charge is 2.38. The Morgan fingerprint density at radius 2 is 1.75 bits per heavy atom. The van der Waals surface area contributed by atoms with Gasteiger partial charge in [-0.05, 0) is 5.56 Å². The van der Waals surface area contributed by atoms with Crippen LogP contribution in [0.3, 0.4) is 0 Å². The Bertz CT molecular complexity index is 246. The average Bonchev–Trinajstić information content (AvgIpc) is 2.02. The van der Waals surface area contributed by atoms with Gasteiger partial charge in [-0.25, -0.2) is 4.39 Å². The Kier molecular flexibility index (Phi) is 2.70. The molecule has 3 heteroatoms. The maximum atomic E-state index is 13.6. The molecule has 0 aliphatic carbocycles. The smallest absolute Gasteiger partial charge is 0.160 e. The van der Waals surface area contributed by atoms with E-state index in [2.05, 4.69) is 5.32 Å². The molecule has 0 bridgehead atoms. The van der Waals surface area contributed by atoms with Crippen LogP contribution >= 0.6 is 12.4 Å². The van der Waals surface area contributed by atoms with Crippen LogP contribution < -0.4 is 5.32 Å². The Balaban J connectivity index is 0.000000720. The van der Waals surface area contributed by atoms with Crippen molar-refractivity contribution in [3.05, 3.63) is 35.9 Å². The first-order valence-corrected chi connectivity index (χ1v) is 3.76. The molecule has 0 saturated carbocycles. The summed E-state index contributed by atoms with van der Waals surface area (Å²) in [4.78, 5) is 0. The molecule has 0 radical (unpaired) electrons. The first-order valence-electron chi connectivity index (χ1n) is 3.76. The van der Waals surface area contributed by atoms with Crippen LogP contribution in [0, 0.1) is 0 Å². The lowest BCUT2D eigenvalue weighted by Gasteiger charge is -2.35. The summed E-state index contributed by atoms with van der Waals surface area (Å²) in [5, 5.41) is 2.93. The van der Waals surface area contributed by atoms with Crippen molar-refractivity contribution < 1.29 is 4.39 Å². The largest absolute Gasteiger partial charge is 0.310 e. The van der Waals surface area contributed by atoms with Gasteiger partial charge in [0.25, 0.3) is 0 Å². The molecule has 66 valence electrons. The first-order chi connectivity index (χ1) is 5.31. The highest BCUT2D eigenvalue weighted by molar-refractivity contribution is 5.85. The lowest BCUT2D eigenvalue weighted by atomic mass is 9.90. The molecule has 1 N–H and O–H groups in total. The lowest BCUT2D eigenvalue weighted by molar-refractivity contribution is 0.0892. The van der Waals surface area contributed by atoms with E-state index in [1.807, 2.05) is 30.3 Å². The summed E-state index contributed by atoms with van der Waals surface area (Å²) in [6, 6.07) is 9.31. The van der Waals surface area contributed by atoms with Crippen molar-refractivity contribution in [2.45, 2.75) is 5.67 Å². The third-order valence-electron chi connectivity index (χ3n) is 2.10. The van der Waals surface area contributed by atoms with Gasteiger partial charge in [0, 0.05) is 13.1 Å². The predicted molar refractivity (Wildman–Crippen MR) is 49.3 cm³/mol. The van der Waals surface area contributed by atoms with E-state index in [1.165, 1.54) is 0 Å². The Labute approximate surface area is 77.4 Å². The fourth-order valence-corrected chi connectivity index (χ4v) is 1.29. The minimum Gasteiger partial charge on any atom is -0.310 e. The van der Waals surface area contributed by atoms with E-state index in [0.29, 0.717) is 13.1 Å². The maximum Gasteiger partial charge on any atom is 0.160 e. The van der Waals surface area contributed by atoms with Gasteiger partial charge in [-0.1, -0.05) is 30.3 Å². The molecule has 0 spiro atoms. The molecular weight excluding hydrogens is 177 g/mol. The second-order valence-electron chi connectivity index (χ2n) is 2.93. The van der Waals surface area contributed by atoms with E-state index in [0.717, 1.165) is 5.56 Å². The molecule has 0 aromatic heterocycles. The minimum absolute atomic E-state index is 0. The van der Waals surface area contributed by atoms with E-state index >= 15 is 0 Å². The number of rotatable bonds is 1. The number of halogens is 2. The van der Waals surface area contributed by atoms with Crippen LogP contribution in [0.1, 0.15) is 5.56 Å². The van der Waals surface area contributed by atoms with Crippen molar-refractivity contribution in [1.82, 2.24) is 5.32 Å². The van der Waals surface area contributed by atoms with Gasteiger partial charge in [0.1, 0.15) is 0 Å². The van der Waals surface area contributed by atoms with Crippen molar-refractivity contribution in [2.24, 2.45) is 0 Å². The van der Waals surface area contributed by atoms with E-state index in [9.17, 15) is 4.39 Å². The zero-order valence-electron chi connectivity index (χ0n) is 6.59. The van der Waals surface area contributed by atoms with Gasteiger partial charge in [0.05, 0.1) is 0 Å². The summed E-state index contributed by atoms with van der Waals surface area (Å²) in [6.07, 6.45) is 0. The van der Waals surface area contributed by atoms with Gasteiger partial charge in [-0.3, -0.25) is 0 Å². The zero-order chi connectivity index (χ0) is 7.73. The lowest BCUT2D eigenvalue weighted by Crippen LogP contribution is -2.53. The Morgan fingerprint density at radius 1 is 1.17 bits per heavy atom. The van der Waals surface area contributed by atoms with E-state index in [1.54, 1.807) is 0 Å². The molecule has 1 saturated heterocycles. The highest BCUT2D eigenvalue weighted by atomic mass is 35.5. The van der Waals surface area contributed by atoms with Crippen molar-refractivity contribution in [3.63, 3.8) is 0 Å². The Morgan fingerprint density at radius 3 is 2.17 bits per heavy atom. The summed E-state index contributed by atoms with van der Waals surface area (Å²) in [5.74, 6) is 0. The van der Waals surface area contributed by atoms with Crippen LogP contribution in [0.15, 0.2) is 30.3 Å². The Hall–Kier alpha value is -0.600. The second kappa shape index (κ2) is 3.42. The van der Waals surface area contributed by atoms with Gasteiger partial charge in [0.2, 0.25) is 0 Å². The minimum atomic E-state index is -1.10. The molecular formula is C9H11ClFN. The van der Waals surface area contributed by atoms with Crippen LogP contribution in [-0.2, 0) is 5.67 Å². The van der Waals surface area contributed by atoms with Crippen molar-refractivity contribution in [3.8, 4) is 0 Å². The molecule has 12 heavy (non-hydrogen) atoms. The monoisotopic (exact) mass is 187 g/mol. The quantitative estimate of drug-likeness (QED) is 0.708. The number of benzene rings is 1. The molecule has 1 heterocycles. The van der Waals surface area contributed by atoms with E-state index < -0.39 is 5.67 Å². The topological polar surface area (TPSA) is 12.0 Å². The normalized spacial score (nSPS) is 19.1. The SMILES string of the molecule is Cl.FC1(c2ccccc2)CNC1. The predicted octanol–water partition coefficient (Wildman–Crippen LogP) is 1.88. The maximum absolute atomic E-state index is 13.6. The van der Waals surface area contributed by atoms with Crippen molar-refractivity contribution in [2.75, 3.05) is 13.1 Å². The molecule has 1 nitrogen and oxygen atoms in total. The third kappa shape index (κ3) is 1.45. The molecule has 1 aromatic carbocycles. The van der Waals surface area contributed by atoms with Crippen LogP contribution in [0.25, 0.3) is 0 Å². The zero-order valence-corrected chi connectivity index (χ0v) is 7.40. The molecule has 0 amide bonds. The van der Waals surface area contributed by atoms with Crippen LogP contribution in [0.2, 0.25) is 0 Å². The molecule has 1 aliphatic heterocycles. The summed E-state index contributed by atoms with van der Waals surface area (Å²) in [6.45, 7) is 0.911. The fraction of sp³-hybridized carbons (Fsp3) is 0.333. The standard InChI is InChI=1S/C9H10FN.ClH/c10-9(6-11-7-9)8-4-2-1-3-5-8;/h1-5,11H,6-7H2;1H. The highest BCUT2D eigenvalue weighted by Crippen LogP contribution is 2.29. The molecule has 0 atom stereocenters. The van der Waals surface area contributed by atoms with Gasteiger partial charge < -0.3 is 5.32 Å². The second-order valence-corrected chi connectivity index (χ2v) is 2.93. The van der Waals surface area contributed by atoms with Crippen molar-refractivity contribution in [1.29, 1.82) is 0 Å². The van der Waals surface area contributed by atoms with E-state index in [-0.39, 0.29) is 12.4 Å². The van der Waals surface area contributed by atoms with Crippen LogP contribution in [0.5, 0.6) is 0 Å². The van der Waals surface area contributed by atoms with Gasteiger partial charge >= 0.3 is 0 Å². The number of hydrogen-bond donors (Lipinski definition) is 1. The molecule has 0 unspecified atom stereocenters. The fourth-order valence-electron chi connectivity index (χ4n) is 1.29. The summed E-state index contributed by atoms with van der Waals surface area (Å²) >= 11 is 0. The van der Waals surface area contributed by atoms with Gasteiger partial charge in [0.15, 0.2) is 5.67 Å². The molecule has 2 rings (SSSR count). The van der Waals surface area contributed by atoms with Gasteiger partial charge in [-0.2, -0.15) is 0 Å². The summed E-state index contributed by atoms with van der Waals surface area (Å²) in [5.41, 5.74) is -0.305. The number of alkyl halides is 1. The van der Waals surface area contributed by atoms with Gasteiger partial charge in [-0.15, -0.1) is 12.4 Å². The average molecular weight is 188 g/mol. The molecule has 1 aromatic rings. The van der Waals surface area contributed by atoms with Crippen LogP contribution in [-0.4, -0.2) is 13.1 Å². The number of nitrogens with one attached hydrogen (secondary N) is 1. The van der Waals surface area contributed by atoms with E-state index in [4.69, 9.17) is 0 Å². The summed E-state index contributed by atoms with van der Waals surface area (Å²) < 4.78 is 13.6. The number of hydrogen-bond acceptors (Lipinski definition) is 1. The summed E-state index contributed by atoms with van der Waals surface area (Å²) in [7, 11) is 0. The molecule has 1 aliphatic rings.